The number of rotatable bonds is 10. The van der Waals surface area contributed by atoms with E-state index in [2.05, 4.69) is 97.9 Å². The van der Waals surface area contributed by atoms with Gasteiger partial charge in [0.25, 0.3) is 0 Å². The molecule has 0 bridgehead atoms. The fraction of sp³-hybridized carbons (Fsp3) is 0.308. The zero-order valence-corrected chi connectivity index (χ0v) is 17.1. The minimum absolute atomic E-state index is 0.775. The molecule has 28 heavy (non-hydrogen) atoms. The van der Waals surface area contributed by atoms with Gasteiger partial charge in [-0.1, -0.05) is 66.7 Å². The summed E-state index contributed by atoms with van der Waals surface area (Å²) in [6.45, 7) is 1.88. The van der Waals surface area contributed by atoms with E-state index in [9.17, 15) is 0 Å². The largest absolute Gasteiger partial charge is 0.493 e. The molecule has 0 aliphatic heterocycles. The molecule has 0 aliphatic carbocycles. The maximum Gasteiger partial charge on any atom is 0.122 e. The fourth-order valence-electron chi connectivity index (χ4n) is 3.36. The number of hydrogen-bond donors (Lipinski definition) is 0. The van der Waals surface area contributed by atoms with E-state index in [1.165, 1.54) is 22.3 Å². The molecule has 3 aromatic rings. The SMILES string of the molecule is CN(C)CCCCOc1ccc(-c2ccccc2)cc1CCc1ccccc1. The van der Waals surface area contributed by atoms with Crippen molar-refractivity contribution in [3.05, 3.63) is 90.0 Å². The molecule has 3 aromatic carbocycles. The topological polar surface area (TPSA) is 12.5 Å². The summed E-state index contributed by atoms with van der Waals surface area (Å²) in [7, 11) is 4.23. The molecule has 0 saturated carbocycles. The van der Waals surface area contributed by atoms with Gasteiger partial charge in [-0.25, -0.2) is 0 Å². The standard InChI is InChI=1S/C26H31NO/c1-27(2)19-9-10-20-28-26-18-17-24(23-13-7-4-8-14-23)21-25(26)16-15-22-11-5-3-6-12-22/h3-8,11-14,17-18,21H,9-10,15-16,19-20H2,1-2H3. The van der Waals surface area contributed by atoms with Crippen LogP contribution in [0.3, 0.4) is 0 Å². The number of aryl methyl sites for hydroxylation is 2. The lowest BCUT2D eigenvalue weighted by molar-refractivity contribution is 0.290. The molecule has 0 radical (unpaired) electrons. The Morgan fingerprint density at radius 2 is 1.43 bits per heavy atom. The molecule has 0 fully saturated rings. The second kappa shape index (κ2) is 10.7. The van der Waals surface area contributed by atoms with Crippen molar-refractivity contribution in [2.75, 3.05) is 27.2 Å². The number of hydrogen-bond acceptors (Lipinski definition) is 2. The van der Waals surface area contributed by atoms with Gasteiger partial charge in [0, 0.05) is 0 Å². The van der Waals surface area contributed by atoms with E-state index >= 15 is 0 Å². The van der Waals surface area contributed by atoms with Crippen molar-refractivity contribution in [1.29, 1.82) is 0 Å². The summed E-state index contributed by atoms with van der Waals surface area (Å²) in [4.78, 5) is 2.22. The number of ether oxygens (including phenoxy) is 1. The van der Waals surface area contributed by atoms with E-state index in [4.69, 9.17) is 4.74 Å². The van der Waals surface area contributed by atoms with Crippen LogP contribution in [0.25, 0.3) is 11.1 Å². The smallest absolute Gasteiger partial charge is 0.122 e. The fourth-order valence-corrected chi connectivity index (χ4v) is 3.36. The summed E-state index contributed by atoms with van der Waals surface area (Å²) >= 11 is 0. The molecule has 0 amide bonds. The lowest BCUT2D eigenvalue weighted by atomic mass is 9.98. The highest BCUT2D eigenvalue weighted by Gasteiger charge is 2.08. The van der Waals surface area contributed by atoms with Gasteiger partial charge in [-0.15, -0.1) is 0 Å². The van der Waals surface area contributed by atoms with Crippen LogP contribution in [0.4, 0.5) is 0 Å². The maximum absolute atomic E-state index is 6.18. The van der Waals surface area contributed by atoms with Crippen LogP contribution in [0.2, 0.25) is 0 Å². The number of unbranched alkanes of at least 4 members (excludes halogenated alkanes) is 1. The highest BCUT2D eigenvalue weighted by Crippen LogP contribution is 2.28. The molecular weight excluding hydrogens is 342 g/mol. The minimum atomic E-state index is 0.775. The second-order valence-electron chi connectivity index (χ2n) is 7.53. The van der Waals surface area contributed by atoms with Crippen LogP contribution in [-0.4, -0.2) is 32.1 Å². The molecule has 0 N–H and O–H groups in total. The lowest BCUT2D eigenvalue weighted by Gasteiger charge is -2.15. The van der Waals surface area contributed by atoms with Crippen molar-refractivity contribution < 1.29 is 4.74 Å². The van der Waals surface area contributed by atoms with Gasteiger partial charge in [0.1, 0.15) is 5.75 Å². The van der Waals surface area contributed by atoms with Crippen molar-refractivity contribution in [2.24, 2.45) is 0 Å². The van der Waals surface area contributed by atoms with Gasteiger partial charge in [-0.3, -0.25) is 0 Å². The summed E-state index contributed by atoms with van der Waals surface area (Å²) < 4.78 is 6.18. The van der Waals surface area contributed by atoms with E-state index in [-0.39, 0.29) is 0 Å². The average Bonchev–Trinajstić information content (AvgIpc) is 2.73. The second-order valence-corrected chi connectivity index (χ2v) is 7.53. The quantitative estimate of drug-likeness (QED) is 0.413. The van der Waals surface area contributed by atoms with Crippen molar-refractivity contribution in [3.8, 4) is 16.9 Å². The Labute approximate surface area is 169 Å². The van der Waals surface area contributed by atoms with E-state index in [1.54, 1.807) is 0 Å². The zero-order chi connectivity index (χ0) is 19.6. The van der Waals surface area contributed by atoms with Gasteiger partial charge < -0.3 is 9.64 Å². The van der Waals surface area contributed by atoms with Crippen LogP contribution < -0.4 is 4.74 Å². The molecular formula is C26H31NO. The summed E-state index contributed by atoms with van der Waals surface area (Å²) in [6, 6.07) is 27.9. The molecule has 2 nitrogen and oxygen atoms in total. The Morgan fingerprint density at radius 1 is 0.714 bits per heavy atom. The maximum atomic E-state index is 6.18. The third-order valence-electron chi connectivity index (χ3n) is 4.95. The van der Waals surface area contributed by atoms with Crippen LogP contribution in [0.5, 0.6) is 5.75 Å². The van der Waals surface area contributed by atoms with Crippen LogP contribution in [0.15, 0.2) is 78.9 Å². The molecule has 0 aliphatic rings. The van der Waals surface area contributed by atoms with Crippen molar-refractivity contribution in [1.82, 2.24) is 4.90 Å². The Bertz CT molecular complexity index is 828. The normalized spacial score (nSPS) is 11.0. The monoisotopic (exact) mass is 373 g/mol. The molecule has 146 valence electrons. The first kappa shape index (κ1) is 20.2. The Morgan fingerprint density at radius 3 is 2.14 bits per heavy atom. The van der Waals surface area contributed by atoms with Gasteiger partial charge in [-0.05, 0) is 80.7 Å². The Balaban J connectivity index is 1.71. The lowest BCUT2D eigenvalue weighted by Crippen LogP contribution is -2.13. The first-order valence-electron chi connectivity index (χ1n) is 10.2. The van der Waals surface area contributed by atoms with Crippen molar-refractivity contribution in [3.63, 3.8) is 0 Å². The highest BCUT2D eigenvalue weighted by molar-refractivity contribution is 5.65. The third kappa shape index (κ3) is 6.24. The van der Waals surface area contributed by atoms with Crippen LogP contribution >= 0.6 is 0 Å². The summed E-state index contributed by atoms with van der Waals surface area (Å²) in [5.74, 6) is 1.03. The molecule has 0 unspecified atom stereocenters. The van der Waals surface area contributed by atoms with Crippen LogP contribution in [0.1, 0.15) is 24.0 Å². The molecule has 0 saturated heterocycles. The molecule has 0 atom stereocenters. The van der Waals surface area contributed by atoms with E-state index < -0.39 is 0 Å². The molecule has 2 heteroatoms. The summed E-state index contributed by atoms with van der Waals surface area (Å²) in [5, 5.41) is 0. The molecule has 0 spiro atoms. The van der Waals surface area contributed by atoms with Gasteiger partial charge in [0.2, 0.25) is 0 Å². The van der Waals surface area contributed by atoms with Gasteiger partial charge in [-0.2, -0.15) is 0 Å². The van der Waals surface area contributed by atoms with E-state index in [0.717, 1.165) is 44.6 Å². The number of benzene rings is 3. The first-order chi connectivity index (χ1) is 13.7. The van der Waals surface area contributed by atoms with Crippen LogP contribution in [-0.2, 0) is 12.8 Å². The predicted molar refractivity (Wildman–Crippen MR) is 119 cm³/mol. The first-order valence-corrected chi connectivity index (χ1v) is 10.2. The summed E-state index contributed by atoms with van der Waals surface area (Å²) in [6.07, 6.45) is 4.25. The average molecular weight is 374 g/mol. The van der Waals surface area contributed by atoms with Crippen molar-refractivity contribution in [2.45, 2.75) is 25.7 Å². The van der Waals surface area contributed by atoms with Gasteiger partial charge in [0.05, 0.1) is 6.61 Å². The predicted octanol–water partition coefficient (Wildman–Crippen LogP) is 5.86. The van der Waals surface area contributed by atoms with Gasteiger partial charge in [0.15, 0.2) is 0 Å². The molecule has 3 rings (SSSR count). The summed E-state index contributed by atoms with van der Waals surface area (Å²) in [5.41, 5.74) is 5.16. The number of nitrogens with zero attached hydrogens (tertiary/aromatic N) is 1. The van der Waals surface area contributed by atoms with E-state index in [0.29, 0.717) is 0 Å². The van der Waals surface area contributed by atoms with Crippen LogP contribution in [0, 0.1) is 0 Å². The molecule has 0 heterocycles. The zero-order valence-electron chi connectivity index (χ0n) is 17.1. The Hall–Kier alpha value is -2.58. The third-order valence-corrected chi connectivity index (χ3v) is 4.95. The van der Waals surface area contributed by atoms with Gasteiger partial charge >= 0.3 is 0 Å². The molecule has 0 aromatic heterocycles. The Kier molecular flexibility index (Phi) is 7.69. The minimum Gasteiger partial charge on any atom is -0.493 e. The van der Waals surface area contributed by atoms with Crippen molar-refractivity contribution >= 4 is 0 Å². The van der Waals surface area contributed by atoms with E-state index in [1.807, 2.05) is 0 Å². The highest BCUT2D eigenvalue weighted by atomic mass is 16.5.